The summed E-state index contributed by atoms with van der Waals surface area (Å²) in [7, 11) is 0. The van der Waals surface area contributed by atoms with Crippen LogP contribution in [0.4, 0.5) is 0 Å². The third-order valence-electron chi connectivity index (χ3n) is 0.682. The molecule has 4 nitrogen and oxygen atoms in total. The van der Waals surface area contributed by atoms with E-state index in [1.165, 1.54) is 5.17 Å². The summed E-state index contributed by atoms with van der Waals surface area (Å²) in [6, 6.07) is 0. The van der Waals surface area contributed by atoms with Gasteiger partial charge in [0, 0.05) is 6.92 Å². The van der Waals surface area contributed by atoms with Crippen LogP contribution in [-0.2, 0) is 4.84 Å². The number of aliphatic imine (C=N–C) groups is 1. The van der Waals surface area contributed by atoms with Crippen molar-refractivity contribution >= 4 is 5.90 Å². The van der Waals surface area contributed by atoms with Gasteiger partial charge in [-0.05, 0) is 0 Å². The van der Waals surface area contributed by atoms with Crippen molar-refractivity contribution in [2.45, 2.75) is 6.92 Å². The lowest BCUT2D eigenvalue weighted by atomic mass is 10.8. The molecule has 40 valence electrons. The summed E-state index contributed by atoms with van der Waals surface area (Å²) in [5.41, 5.74) is 0. The van der Waals surface area contributed by atoms with Gasteiger partial charge in [-0.3, -0.25) is 0 Å². The van der Waals surface area contributed by atoms with Crippen LogP contribution in [0.3, 0.4) is 0 Å². The van der Waals surface area contributed by atoms with Crippen molar-refractivity contribution in [3.8, 4) is 0 Å². The predicted molar refractivity (Wildman–Crippen MR) is 25.1 cm³/mol. The average molecular weight is 101 g/mol. The molecule has 0 radical (unpaired) electrons. The minimum absolute atomic E-state index is 0.450. The van der Waals surface area contributed by atoms with E-state index in [1.54, 1.807) is 6.92 Å². The molecule has 1 heterocycles. The summed E-state index contributed by atoms with van der Waals surface area (Å²) in [5, 5.41) is 1.18. The zero-order valence-corrected chi connectivity index (χ0v) is 4.09. The minimum atomic E-state index is 0.450. The van der Waals surface area contributed by atoms with E-state index < -0.39 is 0 Å². The lowest BCUT2D eigenvalue weighted by molar-refractivity contribution is -0.0511. The van der Waals surface area contributed by atoms with E-state index in [0.717, 1.165) is 0 Å². The molecule has 0 aromatic heterocycles. The predicted octanol–water partition coefficient (Wildman–Crippen LogP) is -0.517. The van der Waals surface area contributed by atoms with Gasteiger partial charge in [0.1, 0.15) is 6.67 Å². The Balaban J connectivity index is 2.42. The Morgan fingerprint density at radius 3 is 2.86 bits per heavy atom. The van der Waals surface area contributed by atoms with Crippen LogP contribution in [0.2, 0.25) is 0 Å². The maximum absolute atomic E-state index is 5.12. The minimum Gasteiger partial charge on any atom is -0.374 e. The van der Waals surface area contributed by atoms with Crippen molar-refractivity contribution in [1.82, 2.24) is 5.17 Å². The standard InChI is InChI=1S/C3H7N3O/c1-3-5-2-6(4)7-3/h2,4H2,1H3. The molecule has 7 heavy (non-hydrogen) atoms. The van der Waals surface area contributed by atoms with E-state index in [2.05, 4.69) is 4.99 Å². The van der Waals surface area contributed by atoms with Crippen molar-refractivity contribution in [1.29, 1.82) is 0 Å². The summed E-state index contributed by atoms with van der Waals surface area (Å²) in [6.07, 6.45) is 0. The highest BCUT2D eigenvalue weighted by molar-refractivity contribution is 5.73. The molecule has 0 bridgehead atoms. The first-order valence-corrected chi connectivity index (χ1v) is 2.00. The molecule has 4 heteroatoms. The highest BCUT2D eigenvalue weighted by Gasteiger charge is 2.06. The van der Waals surface area contributed by atoms with Crippen molar-refractivity contribution in [2.75, 3.05) is 6.67 Å². The second-order valence-corrected chi connectivity index (χ2v) is 1.33. The van der Waals surface area contributed by atoms with Gasteiger partial charge in [-0.15, -0.1) is 0 Å². The molecule has 1 aliphatic rings. The first-order chi connectivity index (χ1) is 3.29. The van der Waals surface area contributed by atoms with Gasteiger partial charge in [0.05, 0.1) is 0 Å². The van der Waals surface area contributed by atoms with Gasteiger partial charge in [-0.1, -0.05) is 5.17 Å². The molecule has 0 fully saturated rings. The van der Waals surface area contributed by atoms with Crippen LogP contribution in [0, 0.1) is 0 Å². The number of hydrogen-bond donors (Lipinski definition) is 1. The van der Waals surface area contributed by atoms with Gasteiger partial charge in [0.15, 0.2) is 0 Å². The highest BCUT2D eigenvalue weighted by Crippen LogP contribution is 1.93. The van der Waals surface area contributed by atoms with Crippen molar-refractivity contribution in [3.05, 3.63) is 0 Å². The van der Waals surface area contributed by atoms with Crippen LogP contribution in [0.1, 0.15) is 6.92 Å². The molecule has 0 aromatic carbocycles. The van der Waals surface area contributed by atoms with Crippen LogP contribution in [-0.4, -0.2) is 17.7 Å². The van der Waals surface area contributed by atoms with Crippen molar-refractivity contribution in [3.63, 3.8) is 0 Å². The Hall–Kier alpha value is -0.610. The van der Waals surface area contributed by atoms with Gasteiger partial charge in [0.25, 0.3) is 0 Å². The quantitative estimate of drug-likeness (QED) is 0.418. The molecule has 0 aliphatic carbocycles. The van der Waals surface area contributed by atoms with Crippen LogP contribution < -0.4 is 5.84 Å². The molecule has 1 rings (SSSR count). The third-order valence-corrected chi connectivity index (χ3v) is 0.682. The van der Waals surface area contributed by atoms with Crippen LogP contribution in [0.25, 0.3) is 0 Å². The number of rotatable bonds is 0. The molecular weight excluding hydrogens is 94.1 g/mol. The molecule has 0 saturated heterocycles. The molecular formula is C3H7N3O. The molecule has 0 aromatic rings. The first-order valence-electron chi connectivity index (χ1n) is 2.00. The zero-order valence-electron chi connectivity index (χ0n) is 4.09. The molecule has 0 unspecified atom stereocenters. The SMILES string of the molecule is CC1=NCN(N)O1. The fourth-order valence-corrected chi connectivity index (χ4v) is 0.397. The molecule has 0 amide bonds. The summed E-state index contributed by atoms with van der Waals surface area (Å²) in [6.45, 7) is 2.21. The summed E-state index contributed by atoms with van der Waals surface area (Å²) in [4.78, 5) is 8.53. The highest BCUT2D eigenvalue weighted by atomic mass is 16.7. The number of hydroxylamine groups is 1. The Kier molecular flexibility index (Phi) is 0.958. The lowest BCUT2D eigenvalue weighted by Gasteiger charge is -2.02. The molecule has 0 spiro atoms. The number of hydrogen-bond acceptors (Lipinski definition) is 4. The summed E-state index contributed by atoms with van der Waals surface area (Å²) < 4.78 is 0. The largest absolute Gasteiger partial charge is 0.374 e. The van der Waals surface area contributed by atoms with E-state index in [-0.39, 0.29) is 0 Å². The van der Waals surface area contributed by atoms with E-state index >= 15 is 0 Å². The van der Waals surface area contributed by atoms with Crippen molar-refractivity contribution in [2.24, 2.45) is 10.8 Å². The van der Waals surface area contributed by atoms with E-state index in [0.29, 0.717) is 12.6 Å². The van der Waals surface area contributed by atoms with Crippen molar-refractivity contribution < 1.29 is 4.84 Å². The molecule has 2 N–H and O–H groups in total. The third kappa shape index (κ3) is 0.880. The van der Waals surface area contributed by atoms with Crippen LogP contribution >= 0.6 is 0 Å². The Bertz CT molecular complexity index is 100. The molecule has 1 aliphatic heterocycles. The van der Waals surface area contributed by atoms with E-state index in [1.807, 2.05) is 0 Å². The topological polar surface area (TPSA) is 50.8 Å². The molecule has 0 saturated carbocycles. The maximum Gasteiger partial charge on any atom is 0.209 e. The second-order valence-electron chi connectivity index (χ2n) is 1.33. The number of nitrogens with zero attached hydrogens (tertiary/aromatic N) is 2. The van der Waals surface area contributed by atoms with E-state index in [9.17, 15) is 0 Å². The Morgan fingerprint density at radius 2 is 2.71 bits per heavy atom. The van der Waals surface area contributed by atoms with Gasteiger partial charge in [-0.25, -0.2) is 10.8 Å². The maximum atomic E-state index is 5.12. The van der Waals surface area contributed by atoms with Gasteiger partial charge in [0.2, 0.25) is 5.90 Å². The van der Waals surface area contributed by atoms with Crippen LogP contribution in [0.5, 0.6) is 0 Å². The Morgan fingerprint density at radius 1 is 2.00 bits per heavy atom. The molecule has 0 atom stereocenters. The fraction of sp³-hybridized carbons (Fsp3) is 0.667. The van der Waals surface area contributed by atoms with Gasteiger partial charge in [-0.2, -0.15) is 0 Å². The second kappa shape index (κ2) is 1.48. The number of nitrogens with two attached hydrogens (primary N) is 1. The van der Waals surface area contributed by atoms with Gasteiger partial charge >= 0.3 is 0 Å². The first kappa shape index (κ1) is 4.55. The summed E-state index contributed by atoms with van der Waals surface area (Å²) in [5.74, 6) is 5.75. The zero-order chi connectivity index (χ0) is 5.28. The van der Waals surface area contributed by atoms with Crippen LogP contribution in [0.15, 0.2) is 4.99 Å². The average Bonchev–Trinajstić information content (AvgIpc) is 1.87. The fourth-order valence-electron chi connectivity index (χ4n) is 0.397. The lowest BCUT2D eigenvalue weighted by Crippen LogP contribution is -2.27. The monoisotopic (exact) mass is 101 g/mol. The smallest absolute Gasteiger partial charge is 0.209 e. The Labute approximate surface area is 41.5 Å². The summed E-state index contributed by atoms with van der Waals surface area (Å²) >= 11 is 0. The normalized spacial score (nSPS) is 21.7. The van der Waals surface area contributed by atoms with Gasteiger partial charge < -0.3 is 4.84 Å². The van der Waals surface area contributed by atoms with E-state index in [4.69, 9.17) is 10.7 Å². The number of hydrazine groups is 1.